The van der Waals surface area contributed by atoms with Gasteiger partial charge in [0.15, 0.2) is 0 Å². The van der Waals surface area contributed by atoms with Gasteiger partial charge in [0, 0.05) is 18.2 Å². The van der Waals surface area contributed by atoms with Crippen LogP contribution in [-0.2, 0) is 4.79 Å². The lowest BCUT2D eigenvalue weighted by molar-refractivity contribution is -0.119. The lowest BCUT2D eigenvalue weighted by Crippen LogP contribution is -2.27. The van der Waals surface area contributed by atoms with Gasteiger partial charge in [0.25, 0.3) is 0 Å². The molecular weight excluding hydrogens is 200 g/mol. The lowest BCUT2D eigenvalue weighted by atomic mass is 10.0. The highest BCUT2D eigenvalue weighted by Crippen LogP contribution is 2.22. The van der Waals surface area contributed by atoms with Crippen molar-refractivity contribution in [3.8, 4) is 0 Å². The van der Waals surface area contributed by atoms with Crippen molar-refractivity contribution in [3.05, 3.63) is 28.8 Å². The second kappa shape index (κ2) is 5.12. The van der Waals surface area contributed by atoms with Crippen molar-refractivity contribution in [2.24, 2.45) is 11.7 Å². The predicted octanol–water partition coefficient (Wildman–Crippen LogP) is 2.15. The molecule has 1 rings (SSSR count). The van der Waals surface area contributed by atoms with Gasteiger partial charge in [0.2, 0.25) is 5.91 Å². The first-order chi connectivity index (χ1) is 7.45. The Morgan fingerprint density at radius 1 is 1.31 bits per heavy atom. The number of nitrogens with two attached hydrogens (primary N) is 1. The Morgan fingerprint density at radius 3 is 2.25 bits per heavy atom. The van der Waals surface area contributed by atoms with E-state index in [1.54, 1.807) is 0 Å². The zero-order valence-corrected chi connectivity index (χ0v) is 10.4. The van der Waals surface area contributed by atoms with Gasteiger partial charge < -0.3 is 11.1 Å². The number of aryl methyl sites for hydroxylation is 3. The van der Waals surface area contributed by atoms with Crippen molar-refractivity contribution in [1.29, 1.82) is 0 Å². The highest BCUT2D eigenvalue weighted by molar-refractivity contribution is 5.94. The van der Waals surface area contributed by atoms with Crippen LogP contribution in [0.2, 0.25) is 0 Å². The van der Waals surface area contributed by atoms with Crippen molar-refractivity contribution in [2.75, 3.05) is 11.9 Å². The number of amides is 1. The van der Waals surface area contributed by atoms with Crippen LogP contribution in [0.3, 0.4) is 0 Å². The van der Waals surface area contributed by atoms with E-state index in [0.29, 0.717) is 6.54 Å². The molecule has 88 valence electrons. The highest BCUT2D eigenvalue weighted by atomic mass is 16.1. The molecule has 3 heteroatoms. The number of benzene rings is 1. The summed E-state index contributed by atoms with van der Waals surface area (Å²) in [6.07, 6.45) is 0. The van der Waals surface area contributed by atoms with E-state index in [1.165, 1.54) is 5.56 Å². The lowest BCUT2D eigenvalue weighted by Gasteiger charge is -2.15. The third-order valence-corrected chi connectivity index (χ3v) is 2.73. The standard InChI is InChI=1S/C13H20N2O/c1-8-5-9(2)12(10(3)6-8)15-13(16)11(4)7-14/h5-6,11H,7,14H2,1-4H3,(H,15,16). The zero-order valence-electron chi connectivity index (χ0n) is 10.4. The minimum atomic E-state index is -0.153. The maximum absolute atomic E-state index is 11.7. The Hall–Kier alpha value is -1.35. The monoisotopic (exact) mass is 220 g/mol. The Balaban J connectivity index is 2.93. The van der Waals surface area contributed by atoms with Crippen molar-refractivity contribution >= 4 is 11.6 Å². The Kier molecular flexibility index (Phi) is 4.07. The molecule has 0 spiro atoms. The average molecular weight is 220 g/mol. The fraction of sp³-hybridized carbons (Fsp3) is 0.462. The van der Waals surface area contributed by atoms with Crippen LogP contribution in [0.4, 0.5) is 5.69 Å². The van der Waals surface area contributed by atoms with Crippen LogP contribution < -0.4 is 11.1 Å². The number of hydrogen-bond donors (Lipinski definition) is 2. The molecule has 1 aromatic carbocycles. The van der Waals surface area contributed by atoms with Crippen LogP contribution in [-0.4, -0.2) is 12.5 Å². The van der Waals surface area contributed by atoms with Crippen LogP contribution in [0.5, 0.6) is 0 Å². The van der Waals surface area contributed by atoms with Gasteiger partial charge in [-0.05, 0) is 31.9 Å². The van der Waals surface area contributed by atoms with E-state index in [-0.39, 0.29) is 11.8 Å². The molecule has 0 fully saturated rings. The van der Waals surface area contributed by atoms with Gasteiger partial charge in [-0.1, -0.05) is 24.6 Å². The van der Waals surface area contributed by atoms with Crippen LogP contribution in [0.25, 0.3) is 0 Å². The molecular formula is C13H20N2O. The molecule has 0 heterocycles. The normalized spacial score (nSPS) is 12.3. The number of hydrogen-bond acceptors (Lipinski definition) is 2. The molecule has 3 N–H and O–H groups in total. The molecule has 16 heavy (non-hydrogen) atoms. The van der Waals surface area contributed by atoms with E-state index < -0.39 is 0 Å². The average Bonchev–Trinajstić information content (AvgIpc) is 2.21. The molecule has 0 aliphatic heterocycles. The maximum atomic E-state index is 11.7. The molecule has 0 bridgehead atoms. The quantitative estimate of drug-likeness (QED) is 0.820. The van der Waals surface area contributed by atoms with Crippen molar-refractivity contribution in [2.45, 2.75) is 27.7 Å². The first kappa shape index (κ1) is 12.7. The molecule has 0 aliphatic carbocycles. The first-order valence-electron chi connectivity index (χ1n) is 5.54. The van der Waals surface area contributed by atoms with Crippen LogP contribution >= 0.6 is 0 Å². The largest absolute Gasteiger partial charge is 0.330 e. The fourth-order valence-electron chi connectivity index (χ4n) is 1.73. The predicted molar refractivity (Wildman–Crippen MR) is 67.5 cm³/mol. The molecule has 1 aromatic rings. The summed E-state index contributed by atoms with van der Waals surface area (Å²) < 4.78 is 0. The minimum absolute atomic E-state index is 0.0162. The topological polar surface area (TPSA) is 55.1 Å². The molecule has 1 atom stereocenters. The van der Waals surface area contributed by atoms with Crippen molar-refractivity contribution in [1.82, 2.24) is 0 Å². The van der Waals surface area contributed by atoms with Gasteiger partial charge in [-0.3, -0.25) is 4.79 Å². The number of carbonyl (C=O) groups is 1. The second-order valence-electron chi connectivity index (χ2n) is 4.40. The molecule has 3 nitrogen and oxygen atoms in total. The number of rotatable bonds is 3. The molecule has 0 aliphatic rings. The Bertz CT molecular complexity index is 376. The van der Waals surface area contributed by atoms with E-state index >= 15 is 0 Å². The van der Waals surface area contributed by atoms with Crippen LogP contribution in [0, 0.1) is 26.7 Å². The SMILES string of the molecule is Cc1cc(C)c(NC(=O)C(C)CN)c(C)c1. The Morgan fingerprint density at radius 2 is 1.81 bits per heavy atom. The summed E-state index contributed by atoms with van der Waals surface area (Å²) in [4.78, 5) is 11.7. The minimum Gasteiger partial charge on any atom is -0.330 e. The van der Waals surface area contributed by atoms with Crippen LogP contribution in [0.1, 0.15) is 23.6 Å². The van der Waals surface area contributed by atoms with E-state index in [1.807, 2.05) is 27.7 Å². The molecule has 0 saturated carbocycles. The highest BCUT2D eigenvalue weighted by Gasteiger charge is 2.13. The maximum Gasteiger partial charge on any atom is 0.228 e. The van der Waals surface area contributed by atoms with Gasteiger partial charge in [0.05, 0.1) is 0 Å². The summed E-state index contributed by atoms with van der Waals surface area (Å²) in [5.74, 6) is -0.169. The van der Waals surface area contributed by atoms with Crippen LogP contribution in [0.15, 0.2) is 12.1 Å². The zero-order chi connectivity index (χ0) is 12.3. The van der Waals surface area contributed by atoms with Gasteiger partial charge in [-0.25, -0.2) is 0 Å². The summed E-state index contributed by atoms with van der Waals surface area (Å²) in [5, 5.41) is 2.94. The van der Waals surface area contributed by atoms with Gasteiger partial charge >= 0.3 is 0 Å². The van der Waals surface area contributed by atoms with Gasteiger partial charge in [0.1, 0.15) is 0 Å². The van der Waals surface area contributed by atoms with E-state index in [0.717, 1.165) is 16.8 Å². The molecule has 0 aromatic heterocycles. The summed E-state index contributed by atoms with van der Waals surface area (Å²) in [6.45, 7) is 8.25. The number of nitrogens with one attached hydrogen (secondary N) is 1. The van der Waals surface area contributed by atoms with E-state index in [2.05, 4.69) is 17.4 Å². The molecule has 1 unspecified atom stereocenters. The summed E-state index contributed by atoms with van der Waals surface area (Å²) >= 11 is 0. The third-order valence-electron chi connectivity index (χ3n) is 2.73. The third kappa shape index (κ3) is 2.83. The first-order valence-corrected chi connectivity index (χ1v) is 5.54. The van der Waals surface area contributed by atoms with Crippen molar-refractivity contribution < 1.29 is 4.79 Å². The summed E-state index contributed by atoms with van der Waals surface area (Å²) in [5.41, 5.74) is 9.77. The fourth-order valence-corrected chi connectivity index (χ4v) is 1.73. The second-order valence-corrected chi connectivity index (χ2v) is 4.40. The summed E-state index contributed by atoms with van der Waals surface area (Å²) in [6, 6.07) is 4.13. The number of carbonyl (C=O) groups excluding carboxylic acids is 1. The van der Waals surface area contributed by atoms with Gasteiger partial charge in [-0.15, -0.1) is 0 Å². The number of anilines is 1. The molecule has 0 radical (unpaired) electrons. The molecule has 0 saturated heterocycles. The van der Waals surface area contributed by atoms with E-state index in [4.69, 9.17) is 5.73 Å². The Labute approximate surface area is 97.0 Å². The molecule has 1 amide bonds. The van der Waals surface area contributed by atoms with Crippen molar-refractivity contribution in [3.63, 3.8) is 0 Å². The van der Waals surface area contributed by atoms with Gasteiger partial charge in [-0.2, -0.15) is 0 Å². The summed E-state index contributed by atoms with van der Waals surface area (Å²) in [7, 11) is 0. The smallest absolute Gasteiger partial charge is 0.228 e. The van der Waals surface area contributed by atoms with E-state index in [9.17, 15) is 4.79 Å².